The van der Waals surface area contributed by atoms with Gasteiger partial charge < -0.3 is 14.4 Å². The van der Waals surface area contributed by atoms with Crippen LogP contribution in [-0.4, -0.2) is 73.7 Å². The molecule has 0 atom stereocenters. The smallest absolute Gasteiger partial charge is 0.340 e. The molecule has 27 heavy (non-hydrogen) atoms. The van der Waals surface area contributed by atoms with E-state index in [1.54, 1.807) is 4.90 Å². The first-order chi connectivity index (χ1) is 13.0. The fraction of sp³-hybridized carbons (Fsp3) is 0.450. The van der Waals surface area contributed by atoms with E-state index in [-0.39, 0.29) is 12.5 Å². The van der Waals surface area contributed by atoms with Gasteiger partial charge in [0.05, 0.1) is 43.6 Å². The van der Waals surface area contributed by atoms with E-state index in [0.29, 0.717) is 44.1 Å². The van der Waals surface area contributed by atoms with Gasteiger partial charge in [0.2, 0.25) is 5.91 Å². The van der Waals surface area contributed by atoms with Crippen LogP contribution in [0.5, 0.6) is 0 Å². The minimum Gasteiger partial charge on any atom is -0.465 e. The van der Waals surface area contributed by atoms with Gasteiger partial charge in [0.1, 0.15) is 0 Å². The molecule has 1 aliphatic heterocycles. The molecule has 1 amide bonds. The number of pyridine rings is 1. The summed E-state index contributed by atoms with van der Waals surface area (Å²) in [6, 6.07) is 7.71. The van der Waals surface area contributed by atoms with Crippen molar-refractivity contribution in [3.05, 3.63) is 41.1 Å². The number of esters is 1. The Morgan fingerprint density at radius 1 is 1.26 bits per heavy atom. The molecule has 0 aliphatic carbocycles. The molecule has 0 radical (unpaired) electrons. The van der Waals surface area contributed by atoms with E-state index in [0.717, 1.165) is 16.5 Å². The summed E-state index contributed by atoms with van der Waals surface area (Å²) in [6.45, 7) is 4.93. The number of hydrogen-bond acceptors (Lipinski definition) is 6. The van der Waals surface area contributed by atoms with Crippen LogP contribution >= 0.6 is 0 Å². The number of benzene rings is 1. The van der Waals surface area contributed by atoms with E-state index in [1.165, 1.54) is 7.11 Å². The Hall–Kier alpha value is -2.51. The molecule has 0 N–H and O–H groups in total. The van der Waals surface area contributed by atoms with E-state index >= 15 is 0 Å². The summed E-state index contributed by atoms with van der Waals surface area (Å²) in [5, 5.41) is 0.925. The first-order valence-corrected chi connectivity index (χ1v) is 9.02. The number of rotatable bonds is 5. The highest BCUT2D eigenvalue weighted by Crippen LogP contribution is 2.24. The normalized spacial score (nSPS) is 14.6. The molecular weight excluding hydrogens is 346 g/mol. The molecule has 0 saturated carbocycles. The summed E-state index contributed by atoms with van der Waals surface area (Å²) in [6.07, 6.45) is 0. The second-order valence-corrected chi connectivity index (χ2v) is 6.73. The maximum atomic E-state index is 12.5. The number of para-hydroxylation sites is 1. The summed E-state index contributed by atoms with van der Waals surface area (Å²) >= 11 is 0. The van der Waals surface area contributed by atoms with Gasteiger partial charge in [-0.05, 0) is 25.6 Å². The quantitative estimate of drug-likeness (QED) is 0.744. The molecule has 3 rings (SSSR count). The topological polar surface area (TPSA) is 72.0 Å². The molecule has 1 saturated heterocycles. The van der Waals surface area contributed by atoms with Crippen molar-refractivity contribution in [1.29, 1.82) is 0 Å². The van der Waals surface area contributed by atoms with Gasteiger partial charge in [-0.2, -0.15) is 0 Å². The Balaban J connectivity index is 1.84. The summed E-state index contributed by atoms with van der Waals surface area (Å²) in [5.41, 5.74) is 2.76. The highest BCUT2D eigenvalue weighted by molar-refractivity contribution is 5.98. The largest absolute Gasteiger partial charge is 0.465 e. The Bertz CT molecular complexity index is 846. The molecule has 1 aromatic heterocycles. The fourth-order valence-corrected chi connectivity index (χ4v) is 3.38. The summed E-state index contributed by atoms with van der Waals surface area (Å²) in [7, 11) is 3.22. The van der Waals surface area contributed by atoms with Gasteiger partial charge in [-0.25, -0.2) is 4.79 Å². The van der Waals surface area contributed by atoms with Crippen LogP contribution < -0.4 is 0 Å². The minimum absolute atomic E-state index is 0.0536. The zero-order valence-corrected chi connectivity index (χ0v) is 16.0. The van der Waals surface area contributed by atoms with Crippen molar-refractivity contribution < 1.29 is 19.1 Å². The van der Waals surface area contributed by atoms with Gasteiger partial charge in [-0.1, -0.05) is 18.2 Å². The second kappa shape index (κ2) is 8.45. The Labute approximate surface area is 158 Å². The minimum atomic E-state index is -0.409. The third-order valence-corrected chi connectivity index (χ3v) is 4.81. The second-order valence-electron chi connectivity index (χ2n) is 6.73. The van der Waals surface area contributed by atoms with Crippen molar-refractivity contribution in [3.63, 3.8) is 0 Å². The molecule has 0 unspecified atom stereocenters. The van der Waals surface area contributed by atoms with Crippen LogP contribution in [0.2, 0.25) is 0 Å². The summed E-state index contributed by atoms with van der Waals surface area (Å²) in [4.78, 5) is 33.2. The molecule has 7 heteroatoms. The maximum absolute atomic E-state index is 12.5. The standard InChI is InChI=1S/C20H25N3O4/c1-14-15-6-4-5-7-16(15)21-17(19(14)20(25)26-3)12-22(2)13-18(24)23-8-10-27-11-9-23/h4-7H,8-13H2,1-3H3. The molecule has 1 aromatic carbocycles. The monoisotopic (exact) mass is 371 g/mol. The molecule has 2 aromatic rings. The van der Waals surface area contributed by atoms with Crippen LogP contribution in [0, 0.1) is 6.92 Å². The van der Waals surface area contributed by atoms with Crippen molar-refractivity contribution in [2.45, 2.75) is 13.5 Å². The van der Waals surface area contributed by atoms with Crippen LogP contribution in [0.25, 0.3) is 10.9 Å². The molecular formula is C20H25N3O4. The van der Waals surface area contributed by atoms with Gasteiger partial charge in [0.15, 0.2) is 0 Å². The van der Waals surface area contributed by atoms with E-state index in [2.05, 4.69) is 4.98 Å². The number of aryl methyl sites for hydroxylation is 1. The number of ether oxygens (including phenoxy) is 2. The first kappa shape index (κ1) is 19.3. The third kappa shape index (κ3) is 4.26. The fourth-order valence-electron chi connectivity index (χ4n) is 3.38. The number of carbonyl (C=O) groups excluding carboxylic acids is 2. The molecule has 1 fully saturated rings. The van der Waals surface area contributed by atoms with Crippen molar-refractivity contribution in [2.75, 3.05) is 47.0 Å². The molecule has 7 nitrogen and oxygen atoms in total. The van der Waals surface area contributed by atoms with Crippen LogP contribution in [0.4, 0.5) is 0 Å². The van der Waals surface area contributed by atoms with Crippen molar-refractivity contribution in [1.82, 2.24) is 14.8 Å². The molecule has 0 bridgehead atoms. The van der Waals surface area contributed by atoms with Gasteiger partial charge in [-0.15, -0.1) is 0 Å². The lowest BCUT2D eigenvalue weighted by molar-refractivity contribution is -0.136. The van der Waals surface area contributed by atoms with E-state index in [9.17, 15) is 9.59 Å². The Morgan fingerprint density at radius 2 is 1.96 bits per heavy atom. The van der Waals surface area contributed by atoms with Crippen LogP contribution in [0.15, 0.2) is 24.3 Å². The van der Waals surface area contributed by atoms with E-state index in [4.69, 9.17) is 9.47 Å². The number of likely N-dealkylation sites (N-methyl/N-ethyl adjacent to an activating group) is 1. The Kier molecular flexibility index (Phi) is 6.03. The number of morpholine rings is 1. The number of amides is 1. The first-order valence-electron chi connectivity index (χ1n) is 9.02. The number of aromatic nitrogens is 1. The van der Waals surface area contributed by atoms with Crippen molar-refractivity contribution >= 4 is 22.8 Å². The Morgan fingerprint density at radius 3 is 2.67 bits per heavy atom. The van der Waals surface area contributed by atoms with E-state index < -0.39 is 5.97 Å². The zero-order chi connectivity index (χ0) is 19.4. The van der Waals surface area contributed by atoms with Crippen molar-refractivity contribution in [2.24, 2.45) is 0 Å². The highest BCUT2D eigenvalue weighted by Gasteiger charge is 2.22. The third-order valence-electron chi connectivity index (χ3n) is 4.81. The number of fused-ring (bicyclic) bond motifs is 1. The lowest BCUT2D eigenvalue weighted by atomic mass is 10.0. The van der Waals surface area contributed by atoms with E-state index in [1.807, 2.05) is 43.1 Å². The summed E-state index contributed by atoms with van der Waals surface area (Å²) in [5.74, 6) is -0.355. The average Bonchev–Trinajstić information content (AvgIpc) is 2.68. The predicted octanol–water partition coefficient (Wildman–Crippen LogP) is 1.62. The van der Waals surface area contributed by atoms with Gasteiger partial charge in [0, 0.05) is 25.0 Å². The molecule has 1 aliphatic rings. The number of nitrogens with zero attached hydrogens (tertiary/aromatic N) is 3. The summed E-state index contributed by atoms with van der Waals surface area (Å²) < 4.78 is 10.3. The SMILES string of the molecule is COC(=O)c1c(CN(C)CC(=O)N2CCOCC2)nc2ccccc2c1C. The lowest BCUT2D eigenvalue weighted by Crippen LogP contribution is -2.45. The van der Waals surface area contributed by atoms with Gasteiger partial charge in [0.25, 0.3) is 0 Å². The maximum Gasteiger partial charge on any atom is 0.340 e. The van der Waals surface area contributed by atoms with Crippen molar-refractivity contribution in [3.8, 4) is 0 Å². The predicted molar refractivity (Wildman–Crippen MR) is 102 cm³/mol. The van der Waals surface area contributed by atoms with Crippen LogP contribution in [0.1, 0.15) is 21.6 Å². The number of carbonyl (C=O) groups is 2. The zero-order valence-electron chi connectivity index (χ0n) is 16.0. The molecule has 144 valence electrons. The molecule has 2 heterocycles. The number of hydrogen-bond donors (Lipinski definition) is 0. The van der Waals surface area contributed by atoms with Gasteiger partial charge in [-0.3, -0.25) is 14.7 Å². The average molecular weight is 371 g/mol. The highest BCUT2D eigenvalue weighted by atomic mass is 16.5. The number of methoxy groups -OCH3 is 1. The van der Waals surface area contributed by atoms with Crippen LogP contribution in [-0.2, 0) is 20.8 Å². The van der Waals surface area contributed by atoms with Gasteiger partial charge >= 0.3 is 5.97 Å². The lowest BCUT2D eigenvalue weighted by Gasteiger charge is -2.28. The van der Waals surface area contributed by atoms with Crippen LogP contribution in [0.3, 0.4) is 0 Å². The molecule has 0 spiro atoms.